The van der Waals surface area contributed by atoms with E-state index in [1.54, 1.807) is 43.5 Å². The smallest absolute Gasteiger partial charge is 0.381 e. The summed E-state index contributed by atoms with van der Waals surface area (Å²) in [6.07, 6.45) is -0.500. The number of fused-ring (bicyclic) bond motifs is 1. The summed E-state index contributed by atoms with van der Waals surface area (Å²) in [4.78, 5) is 15.3. The summed E-state index contributed by atoms with van der Waals surface area (Å²) in [5, 5.41) is 0.645. The van der Waals surface area contributed by atoms with Crippen molar-refractivity contribution in [3.8, 4) is 5.75 Å². The van der Waals surface area contributed by atoms with E-state index >= 15 is 0 Å². The Morgan fingerprint density at radius 1 is 1.39 bits per heavy atom. The number of ether oxygens (including phenoxy) is 2. The third-order valence-corrected chi connectivity index (χ3v) is 2.31. The van der Waals surface area contributed by atoms with Crippen LogP contribution in [-0.2, 0) is 9.53 Å². The number of benzene rings is 1. The Morgan fingerprint density at radius 3 is 3.00 bits per heavy atom. The molecule has 0 radical (unpaired) electrons. The van der Waals surface area contributed by atoms with Gasteiger partial charge in [-0.3, -0.25) is 4.98 Å². The van der Waals surface area contributed by atoms with Crippen LogP contribution in [0.3, 0.4) is 0 Å². The van der Waals surface area contributed by atoms with Crippen molar-refractivity contribution in [3.05, 3.63) is 36.5 Å². The lowest BCUT2D eigenvalue weighted by atomic mass is 10.2. The fourth-order valence-corrected chi connectivity index (χ4v) is 1.55. The molecule has 18 heavy (non-hydrogen) atoms. The van der Waals surface area contributed by atoms with Crippen LogP contribution in [-0.4, -0.2) is 23.9 Å². The number of aromatic nitrogens is 1. The van der Waals surface area contributed by atoms with Crippen molar-refractivity contribution in [1.82, 2.24) is 4.98 Å². The maximum Gasteiger partial charge on any atom is 0.381 e. The number of halogens is 1. The number of pyridine rings is 1. The van der Waals surface area contributed by atoms with Crippen LogP contribution in [0.15, 0.2) is 36.5 Å². The molecule has 2 aromatic rings. The van der Waals surface area contributed by atoms with Crippen molar-refractivity contribution in [2.45, 2.75) is 13.3 Å². The Morgan fingerprint density at radius 2 is 2.22 bits per heavy atom. The SMILES string of the molecule is CCOC(=O)C(F)Oc1cccc2ncccc12. The second kappa shape index (κ2) is 5.44. The van der Waals surface area contributed by atoms with Gasteiger partial charge in [-0.2, -0.15) is 4.39 Å². The van der Waals surface area contributed by atoms with Gasteiger partial charge in [-0.25, -0.2) is 4.79 Å². The number of carbonyl (C=O) groups is 1. The molecule has 0 aliphatic carbocycles. The Bertz CT molecular complexity index is 553. The summed E-state index contributed by atoms with van der Waals surface area (Å²) in [6.45, 7) is 1.71. The highest BCUT2D eigenvalue weighted by molar-refractivity contribution is 5.85. The topological polar surface area (TPSA) is 48.4 Å². The molecular weight excluding hydrogens is 237 g/mol. The van der Waals surface area contributed by atoms with Gasteiger partial charge in [0, 0.05) is 11.6 Å². The summed E-state index contributed by atoms with van der Waals surface area (Å²) >= 11 is 0. The summed E-state index contributed by atoms with van der Waals surface area (Å²) in [5.74, 6) is -0.764. The van der Waals surface area contributed by atoms with Crippen molar-refractivity contribution < 1.29 is 18.7 Å². The third-order valence-electron chi connectivity index (χ3n) is 2.31. The van der Waals surface area contributed by atoms with Crippen molar-refractivity contribution in [2.24, 2.45) is 0 Å². The fourth-order valence-electron chi connectivity index (χ4n) is 1.55. The van der Waals surface area contributed by atoms with Gasteiger partial charge < -0.3 is 9.47 Å². The molecule has 1 heterocycles. The maximum absolute atomic E-state index is 13.5. The highest BCUT2D eigenvalue weighted by Gasteiger charge is 2.21. The molecule has 94 valence electrons. The molecule has 0 aliphatic heterocycles. The molecule has 2 rings (SSSR count). The summed E-state index contributed by atoms with van der Waals surface area (Å²) < 4.78 is 23.0. The van der Waals surface area contributed by atoms with Gasteiger partial charge in [-0.15, -0.1) is 0 Å². The molecule has 0 N–H and O–H groups in total. The molecule has 0 fully saturated rings. The number of nitrogens with zero attached hydrogens (tertiary/aromatic N) is 1. The van der Waals surface area contributed by atoms with E-state index < -0.39 is 12.3 Å². The number of rotatable bonds is 4. The highest BCUT2D eigenvalue weighted by Crippen LogP contribution is 2.25. The Hall–Kier alpha value is -2.17. The zero-order chi connectivity index (χ0) is 13.0. The lowest BCUT2D eigenvalue weighted by Gasteiger charge is -2.11. The quantitative estimate of drug-likeness (QED) is 0.781. The van der Waals surface area contributed by atoms with Gasteiger partial charge in [-0.1, -0.05) is 6.07 Å². The number of alkyl halides is 1. The minimum Gasteiger partial charge on any atom is -0.461 e. The summed E-state index contributed by atoms with van der Waals surface area (Å²) in [6, 6.07) is 8.50. The largest absolute Gasteiger partial charge is 0.461 e. The van der Waals surface area contributed by atoms with Gasteiger partial charge in [-0.05, 0) is 31.2 Å². The van der Waals surface area contributed by atoms with Gasteiger partial charge in [0.25, 0.3) is 0 Å². The van der Waals surface area contributed by atoms with E-state index in [0.717, 1.165) is 0 Å². The number of esters is 1. The van der Waals surface area contributed by atoms with Crippen molar-refractivity contribution in [2.75, 3.05) is 6.61 Å². The zero-order valence-corrected chi connectivity index (χ0v) is 9.80. The Balaban J connectivity index is 2.24. The number of hydrogen-bond acceptors (Lipinski definition) is 4. The predicted octanol–water partition coefficient (Wildman–Crippen LogP) is 2.47. The van der Waals surface area contributed by atoms with Crippen LogP contribution in [0.5, 0.6) is 5.75 Å². The summed E-state index contributed by atoms with van der Waals surface area (Å²) in [7, 11) is 0. The highest BCUT2D eigenvalue weighted by atomic mass is 19.1. The van der Waals surface area contributed by atoms with Crippen LogP contribution >= 0.6 is 0 Å². The van der Waals surface area contributed by atoms with Crippen molar-refractivity contribution in [3.63, 3.8) is 0 Å². The van der Waals surface area contributed by atoms with E-state index in [2.05, 4.69) is 9.72 Å². The second-order valence-electron chi connectivity index (χ2n) is 3.51. The van der Waals surface area contributed by atoms with Gasteiger partial charge in [0.05, 0.1) is 12.1 Å². The predicted molar refractivity (Wildman–Crippen MR) is 63.9 cm³/mol. The first-order chi connectivity index (χ1) is 8.72. The monoisotopic (exact) mass is 249 g/mol. The molecule has 1 atom stereocenters. The first kappa shape index (κ1) is 12.3. The van der Waals surface area contributed by atoms with E-state index in [1.165, 1.54) is 0 Å². The Kier molecular flexibility index (Phi) is 3.72. The first-order valence-electron chi connectivity index (χ1n) is 5.53. The molecule has 0 bridgehead atoms. The van der Waals surface area contributed by atoms with Crippen LogP contribution in [0, 0.1) is 0 Å². The number of carbonyl (C=O) groups excluding carboxylic acids is 1. The van der Waals surface area contributed by atoms with Gasteiger partial charge in [0.15, 0.2) is 0 Å². The van der Waals surface area contributed by atoms with E-state index in [9.17, 15) is 9.18 Å². The lowest BCUT2D eigenvalue weighted by Crippen LogP contribution is -2.24. The number of hydrogen-bond donors (Lipinski definition) is 0. The normalized spacial score (nSPS) is 12.1. The van der Waals surface area contributed by atoms with E-state index in [0.29, 0.717) is 10.9 Å². The van der Waals surface area contributed by atoms with Crippen LogP contribution < -0.4 is 4.74 Å². The maximum atomic E-state index is 13.5. The van der Waals surface area contributed by atoms with Crippen molar-refractivity contribution >= 4 is 16.9 Å². The third kappa shape index (κ3) is 2.56. The summed E-state index contributed by atoms with van der Waals surface area (Å²) in [5.41, 5.74) is 0.672. The molecule has 5 heteroatoms. The van der Waals surface area contributed by atoms with E-state index in [-0.39, 0.29) is 12.4 Å². The van der Waals surface area contributed by atoms with Gasteiger partial charge in [0.2, 0.25) is 0 Å². The first-order valence-corrected chi connectivity index (χ1v) is 5.53. The van der Waals surface area contributed by atoms with Gasteiger partial charge >= 0.3 is 12.3 Å². The molecule has 1 aromatic carbocycles. The molecule has 0 saturated carbocycles. The average molecular weight is 249 g/mol. The molecule has 1 aromatic heterocycles. The average Bonchev–Trinajstić information content (AvgIpc) is 2.39. The molecule has 1 unspecified atom stereocenters. The molecule has 0 aliphatic rings. The zero-order valence-electron chi connectivity index (χ0n) is 9.80. The van der Waals surface area contributed by atoms with Crippen LogP contribution in [0.25, 0.3) is 10.9 Å². The molecule has 0 spiro atoms. The van der Waals surface area contributed by atoms with Gasteiger partial charge in [0.1, 0.15) is 5.75 Å². The van der Waals surface area contributed by atoms with Crippen LogP contribution in [0.1, 0.15) is 6.92 Å². The molecule has 0 saturated heterocycles. The Labute approximate surface area is 103 Å². The standard InChI is InChI=1S/C13H12FNO3/c1-2-17-13(16)12(14)18-11-7-3-6-10-9(11)5-4-8-15-10/h3-8,12H,2H2,1H3. The minimum absolute atomic E-state index is 0.111. The van der Waals surface area contributed by atoms with Crippen LogP contribution in [0.2, 0.25) is 0 Å². The van der Waals surface area contributed by atoms with Crippen LogP contribution in [0.4, 0.5) is 4.39 Å². The van der Waals surface area contributed by atoms with E-state index in [1.807, 2.05) is 0 Å². The van der Waals surface area contributed by atoms with Crippen molar-refractivity contribution in [1.29, 1.82) is 0 Å². The molecule has 4 nitrogen and oxygen atoms in total. The van der Waals surface area contributed by atoms with E-state index in [4.69, 9.17) is 4.74 Å². The molecular formula is C13H12FNO3. The second-order valence-corrected chi connectivity index (χ2v) is 3.51. The fraction of sp³-hybridized carbons (Fsp3) is 0.231. The minimum atomic E-state index is -2.13. The lowest BCUT2D eigenvalue weighted by molar-refractivity contribution is -0.159. The molecule has 0 amide bonds.